The van der Waals surface area contributed by atoms with Crippen LogP contribution in [0.2, 0.25) is 0 Å². The minimum Gasteiger partial charge on any atom is -0.449 e. The number of nitrogens with one attached hydrogen (secondary N) is 3. The molecule has 4 amide bonds. The number of amides is 4. The Morgan fingerprint density at radius 3 is 2.37 bits per heavy atom. The third kappa shape index (κ3) is 10.0. The quantitative estimate of drug-likeness (QED) is 0.364. The van der Waals surface area contributed by atoms with Gasteiger partial charge in [-0.1, -0.05) is 46.0 Å². The molecule has 2 fully saturated rings. The highest BCUT2D eigenvalue weighted by molar-refractivity contribution is 6.38. The first-order valence-electron chi connectivity index (χ1n) is 13.5. The second-order valence-corrected chi connectivity index (χ2v) is 10.3. The maximum absolute atomic E-state index is 13.4. The minimum absolute atomic E-state index is 0.149. The van der Waals surface area contributed by atoms with Gasteiger partial charge in [0.25, 0.3) is 5.91 Å². The monoisotopic (exact) mass is 538 g/mol. The van der Waals surface area contributed by atoms with E-state index in [1.807, 2.05) is 13.8 Å². The van der Waals surface area contributed by atoms with Crippen LogP contribution >= 0.6 is 0 Å². The number of carbonyl (C=O) groups excluding carboxylic acids is 6. The third-order valence-corrected chi connectivity index (χ3v) is 6.57. The standard InChI is InChI=1S/C26H42N4O8/c1-17(2)15-38-26(36)29-20-11-8-6-4-5-7-10-19(22(32)24(34)27-14-18(31)16-37-3)28-23(33)21-12-9-13-30(21)25(20)35/h17,19-21H,4-16H2,1-3H3,(H,27,34)(H,28,33)(H,29,36)/t19?,20-,21-/m0/s1. The van der Waals surface area contributed by atoms with Gasteiger partial charge in [0.05, 0.1) is 19.2 Å². The number of methoxy groups -OCH3 is 1. The summed E-state index contributed by atoms with van der Waals surface area (Å²) in [4.78, 5) is 77.4. The van der Waals surface area contributed by atoms with Crippen LogP contribution < -0.4 is 16.0 Å². The summed E-state index contributed by atoms with van der Waals surface area (Å²) in [5.74, 6) is -2.91. The topological polar surface area (TPSA) is 160 Å². The average molecular weight is 539 g/mol. The van der Waals surface area contributed by atoms with Gasteiger partial charge < -0.3 is 30.3 Å². The predicted molar refractivity (Wildman–Crippen MR) is 137 cm³/mol. The summed E-state index contributed by atoms with van der Waals surface area (Å²) in [5.41, 5.74) is 0. The molecule has 0 aromatic rings. The predicted octanol–water partition coefficient (Wildman–Crippen LogP) is 0.858. The van der Waals surface area contributed by atoms with E-state index in [4.69, 9.17) is 9.47 Å². The molecule has 3 atom stereocenters. The number of hydrogen-bond donors (Lipinski definition) is 3. The first-order valence-corrected chi connectivity index (χ1v) is 13.5. The van der Waals surface area contributed by atoms with Crippen LogP contribution in [-0.2, 0) is 33.4 Å². The molecule has 0 spiro atoms. The summed E-state index contributed by atoms with van der Waals surface area (Å²) in [6.45, 7) is 3.86. The van der Waals surface area contributed by atoms with Gasteiger partial charge in [-0.15, -0.1) is 0 Å². The zero-order chi connectivity index (χ0) is 28.1. The highest BCUT2D eigenvalue weighted by Crippen LogP contribution is 2.22. The molecule has 38 heavy (non-hydrogen) atoms. The molecule has 2 aliphatic rings. The number of rotatable bonds is 9. The smallest absolute Gasteiger partial charge is 0.407 e. The highest BCUT2D eigenvalue weighted by Gasteiger charge is 2.39. The fraction of sp³-hybridized carbons (Fsp3) is 0.769. The molecule has 3 N–H and O–H groups in total. The van der Waals surface area contributed by atoms with Crippen LogP contribution in [0.4, 0.5) is 4.79 Å². The van der Waals surface area contributed by atoms with Crippen molar-refractivity contribution in [3.63, 3.8) is 0 Å². The van der Waals surface area contributed by atoms with Crippen molar-refractivity contribution in [3.8, 4) is 0 Å². The van der Waals surface area contributed by atoms with Gasteiger partial charge in [-0.2, -0.15) is 0 Å². The normalized spacial score (nSPS) is 23.2. The van der Waals surface area contributed by atoms with Crippen LogP contribution in [0.1, 0.15) is 71.6 Å². The Morgan fingerprint density at radius 1 is 1.00 bits per heavy atom. The number of hydrogen-bond acceptors (Lipinski definition) is 8. The molecule has 0 aromatic carbocycles. The van der Waals surface area contributed by atoms with E-state index in [2.05, 4.69) is 16.0 Å². The summed E-state index contributed by atoms with van der Waals surface area (Å²) in [6.07, 6.45) is 4.77. The molecule has 0 aromatic heterocycles. The molecule has 2 saturated heterocycles. The van der Waals surface area contributed by atoms with E-state index >= 15 is 0 Å². The summed E-state index contributed by atoms with van der Waals surface area (Å²) in [7, 11) is 1.35. The SMILES string of the molecule is COCC(=O)CNC(=O)C(=O)C1CCCCCCC[C@H](NC(=O)OCC(C)C)C(=O)N2CCC[C@H]2C(=O)N1. The lowest BCUT2D eigenvalue weighted by Crippen LogP contribution is -2.56. The Bertz CT molecular complexity index is 862. The van der Waals surface area contributed by atoms with E-state index in [0.717, 1.165) is 19.3 Å². The van der Waals surface area contributed by atoms with Gasteiger partial charge in [-0.25, -0.2) is 4.79 Å². The van der Waals surface area contributed by atoms with Gasteiger partial charge in [-0.3, -0.25) is 24.0 Å². The van der Waals surface area contributed by atoms with Gasteiger partial charge in [0.2, 0.25) is 17.6 Å². The number of ether oxygens (including phenoxy) is 2. The Labute approximate surface area is 223 Å². The van der Waals surface area contributed by atoms with E-state index in [9.17, 15) is 28.8 Å². The molecule has 214 valence electrons. The van der Waals surface area contributed by atoms with E-state index in [-0.39, 0.29) is 43.8 Å². The van der Waals surface area contributed by atoms with Crippen LogP contribution in [-0.4, -0.2) is 91.8 Å². The highest BCUT2D eigenvalue weighted by atomic mass is 16.5. The second-order valence-electron chi connectivity index (χ2n) is 10.3. The fourth-order valence-corrected chi connectivity index (χ4v) is 4.59. The van der Waals surface area contributed by atoms with Crippen molar-refractivity contribution in [2.75, 3.05) is 33.4 Å². The van der Waals surface area contributed by atoms with Crippen molar-refractivity contribution in [2.45, 2.75) is 89.8 Å². The number of alkyl carbamates (subject to hydrolysis) is 1. The van der Waals surface area contributed by atoms with Crippen molar-refractivity contribution < 1.29 is 38.2 Å². The van der Waals surface area contributed by atoms with Gasteiger partial charge in [-0.05, 0) is 31.6 Å². The van der Waals surface area contributed by atoms with Crippen molar-refractivity contribution >= 4 is 35.4 Å². The van der Waals surface area contributed by atoms with Crippen LogP contribution in [0.5, 0.6) is 0 Å². The third-order valence-electron chi connectivity index (χ3n) is 6.57. The molecule has 2 heterocycles. The Kier molecular flexibility index (Phi) is 13.2. The molecule has 1 unspecified atom stereocenters. The molecule has 12 nitrogen and oxygen atoms in total. The summed E-state index contributed by atoms with van der Waals surface area (Å²) >= 11 is 0. The Balaban J connectivity index is 2.13. The number of nitrogens with zero attached hydrogens (tertiary/aromatic N) is 1. The number of carbonyl (C=O) groups is 6. The van der Waals surface area contributed by atoms with Crippen molar-refractivity contribution in [1.82, 2.24) is 20.9 Å². The maximum atomic E-state index is 13.4. The molecule has 2 aliphatic heterocycles. The number of Topliss-reactive ketones (excluding diaryl/α,β-unsaturated/α-hetero) is 2. The number of ketones is 2. The summed E-state index contributed by atoms with van der Waals surface area (Å²) in [5, 5.41) is 7.65. The van der Waals surface area contributed by atoms with Gasteiger partial charge in [0, 0.05) is 13.7 Å². The molecule has 0 saturated carbocycles. The molecule has 0 bridgehead atoms. The molecular formula is C26H42N4O8. The lowest BCUT2D eigenvalue weighted by Gasteiger charge is -2.30. The molecule has 0 aliphatic carbocycles. The fourth-order valence-electron chi connectivity index (χ4n) is 4.59. The second kappa shape index (κ2) is 16.1. The first-order chi connectivity index (χ1) is 18.1. The van der Waals surface area contributed by atoms with Crippen LogP contribution in [0, 0.1) is 5.92 Å². The van der Waals surface area contributed by atoms with Crippen LogP contribution in [0.25, 0.3) is 0 Å². The molecule has 2 rings (SSSR count). The van der Waals surface area contributed by atoms with Crippen LogP contribution in [0.15, 0.2) is 0 Å². The lowest BCUT2D eigenvalue weighted by molar-refractivity contribution is -0.143. The maximum Gasteiger partial charge on any atom is 0.407 e. The first kappa shape index (κ1) is 31.2. The molecular weight excluding hydrogens is 496 g/mol. The average Bonchev–Trinajstić information content (AvgIpc) is 3.37. The summed E-state index contributed by atoms with van der Waals surface area (Å²) < 4.78 is 9.92. The van der Waals surface area contributed by atoms with Crippen LogP contribution in [0.3, 0.4) is 0 Å². The Hall–Kier alpha value is -3.02. The van der Waals surface area contributed by atoms with E-state index in [1.165, 1.54) is 12.0 Å². The molecule has 0 radical (unpaired) electrons. The van der Waals surface area contributed by atoms with Crippen molar-refractivity contribution in [1.29, 1.82) is 0 Å². The van der Waals surface area contributed by atoms with Gasteiger partial charge in [0.15, 0.2) is 5.78 Å². The van der Waals surface area contributed by atoms with E-state index in [0.29, 0.717) is 38.6 Å². The number of fused-ring (bicyclic) bond motifs is 1. The Morgan fingerprint density at radius 2 is 1.68 bits per heavy atom. The van der Waals surface area contributed by atoms with Gasteiger partial charge in [0.1, 0.15) is 18.7 Å². The molecule has 12 heteroatoms. The lowest BCUT2D eigenvalue weighted by atomic mass is 9.99. The van der Waals surface area contributed by atoms with E-state index in [1.54, 1.807) is 0 Å². The zero-order valence-corrected chi connectivity index (χ0v) is 22.7. The van der Waals surface area contributed by atoms with Gasteiger partial charge >= 0.3 is 6.09 Å². The minimum atomic E-state index is -1.07. The zero-order valence-electron chi connectivity index (χ0n) is 22.7. The van der Waals surface area contributed by atoms with E-state index < -0.39 is 41.8 Å². The largest absolute Gasteiger partial charge is 0.449 e. The van der Waals surface area contributed by atoms with Crippen molar-refractivity contribution in [3.05, 3.63) is 0 Å². The van der Waals surface area contributed by atoms with Crippen molar-refractivity contribution in [2.24, 2.45) is 5.92 Å². The summed E-state index contributed by atoms with van der Waals surface area (Å²) in [6, 6.07) is -2.71.